The zero-order chi connectivity index (χ0) is 19.7. The number of benzene rings is 1. The number of amides is 1. The van der Waals surface area contributed by atoms with Crippen molar-refractivity contribution in [1.29, 1.82) is 5.26 Å². The lowest BCUT2D eigenvalue weighted by atomic mass is 9.85. The van der Waals surface area contributed by atoms with E-state index in [0.717, 1.165) is 49.8 Å². The van der Waals surface area contributed by atoms with Crippen LogP contribution in [-0.4, -0.2) is 23.4 Å². The maximum Gasteiger partial charge on any atom is 0.389 e. The third kappa shape index (κ3) is 4.49. The van der Waals surface area contributed by atoms with Gasteiger partial charge in [0, 0.05) is 11.3 Å². The summed E-state index contributed by atoms with van der Waals surface area (Å²) in [6, 6.07) is 5.91. The van der Waals surface area contributed by atoms with Crippen molar-refractivity contribution in [3.63, 3.8) is 0 Å². The molecule has 0 spiro atoms. The van der Waals surface area contributed by atoms with Gasteiger partial charge in [-0.2, -0.15) is 18.4 Å². The number of fused-ring (bicyclic) bond motifs is 2. The predicted octanol–water partition coefficient (Wildman–Crippen LogP) is 4.79. The van der Waals surface area contributed by atoms with E-state index >= 15 is 0 Å². The topological polar surface area (TPSA) is 64.9 Å². The van der Waals surface area contributed by atoms with E-state index < -0.39 is 29.9 Å². The van der Waals surface area contributed by atoms with Gasteiger partial charge >= 0.3 is 6.18 Å². The Kier molecular flexibility index (Phi) is 5.30. The van der Waals surface area contributed by atoms with Crippen molar-refractivity contribution in [1.82, 2.24) is 5.32 Å². The van der Waals surface area contributed by atoms with Crippen LogP contribution in [0.3, 0.4) is 0 Å². The van der Waals surface area contributed by atoms with Crippen molar-refractivity contribution in [3.05, 3.63) is 29.6 Å². The van der Waals surface area contributed by atoms with E-state index in [-0.39, 0.29) is 22.4 Å². The molecule has 0 aliphatic heterocycles. The minimum atomic E-state index is -4.27. The number of carbonyl (C=O) groups excluding carboxylic acids is 1. The second-order valence-corrected chi connectivity index (χ2v) is 8.21. The molecule has 2 N–H and O–H groups in total. The van der Waals surface area contributed by atoms with Gasteiger partial charge in [0.25, 0.3) is 5.91 Å². The number of nitriles is 1. The molecule has 0 atom stereocenters. The second-order valence-electron chi connectivity index (χ2n) is 7.31. The Hall–Kier alpha value is -1.95. The van der Waals surface area contributed by atoms with Gasteiger partial charge in [0.2, 0.25) is 0 Å². The van der Waals surface area contributed by atoms with Crippen LogP contribution in [0.4, 0.5) is 23.2 Å². The first-order valence-corrected chi connectivity index (χ1v) is 9.62. The average molecular weight is 401 g/mol. The van der Waals surface area contributed by atoms with Crippen LogP contribution in [-0.2, 0) is 0 Å². The van der Waals surface area contributed by atoms with Gasteiger partial charge in [-0.25, -0.2) is 4.39 Å². The van der Waals surface area contributed by atoms with Crippen LogP contribution < -0.4 is 10.0 Å². The summed E-state index contributed by atoms with van der Waals surface area (Å²) >= 11 is 0.773. The normalized spacial score (nSPS) is 26.6. The monoisotopic (exact) mass is 401 g/mol. The lowest BCUT2D eigenvalue weighted by molar-refractivity contribution is -0.129. The number of alkyl halides is 3. The number of nitrogens with zero attached hydrogens (tertiary/aromatic N) is 1. The molecular formula is C18H19F4N3OS. The van der Waals surface area contributed by atoms with Crippen molar-refractivity contribution >= 4 is 23.5 Å². The first kappa shape index (κ1) is 19.8. The van der Waals surface area contributed by atoms with E-state index in [4.69, 9.17) is 0 Å². The van der Waals surface area contributed by atoms with E-state index in [2.05, 4.69) is 16.1 Å². The molecule has 2 saturated carbocycles. The van der Waals surface area contributed by atoms with E-state index in [1.54, 1.807) is 0 Å². The molecule has 1 amide bonds. The van der Waals surface area contributed by atoms with Crippen LogP contribution in [0, 0.1) is 22.6 Å². The fourth-order valence-corrected chi connectivity index (χ4v) is 4.69. The number of anilines is 1. The van der Waals surface area contributed by atoms with E-state index in [0.29, 0.717) is 6.42 Å². The number of hydrogen-bond donors (Lipinski definition) is 2. The van der Waals surface area contributed by atoms with Crippen LogP contribution in [0.15, 0.2) is 18.2 Å². The maximum atomic E-state index is 13.6. The molecule has 27 heavy (non-hydrogen) atoms. The molecule has 2 aliphatic rings. The molecule has 1 aromatic carbocycles. The molecule has 9 heteroatoms. The third-order valence-corrected chi connectivity index (χ3v) is 6.13. The highest BCUT2D eigenvalue weighted by atomic mass is 32.2. The quantitative estimate of drug-likeness (QED) is 0.409. The van der Waals surface area contributed by atoms with E-state index in [1.807, 2.05) is 0 Å². The molecule has 0 unspecified atom stereocenters. The lowest BCUT2D eigenvalue weighted by Gasteiger charge is -2.28. The molecular weight excluding hydrogens is 382 g/mol. The van der Waals surface area contributed by atoms with Gasteiger partial charge in [-0.3, -0.25) is 4.79 Å². The highest BCUT2D eigenvalue weighted by molar-refractivity contribution is 8.00. The fourth-order valence-electron chi connectivity index (χ4n) is 3.93. The Balaban J connectivity index is 1.67. The highest BCUT2D eigenvalue weighted by Gasteiger charge is 2.55. The van der Waals surface area contributed by atoms with Gasteiger partial charge in [0.15, 0.2) is 0 Å². The smallest absolute Gasteiger partial charge is 0.346 e. The molecule has 1 aromatic rings. The van der Waals surface area contributed by atoms with Gasteiger partial charge in [-0.05, 0) is 50.3 Å². The SMILES string of the molecule is N#CC12CCC(NC(=O)c3ccc(F)cc3NSCCC(F)(F)F)(CC1)C2. The van der Waals surface area contributed by atoms with Crippen LogP contribution in [0.1, 0.15) is 48.9 Å². The Morgan fingerprint density at radius 2 is 1.96 bits per heavy atom. The molecule has 2 bridgehead atoms. The Labute approximate surface area is 158 Å². The van der Waals surface area contributed by atoms with Crippen molar-refractivity contribution in [2.24, 2.45) is 5.41 Å². The minimum absolute atomic E-state index is 0.138. The van der Waals surface area contributed by atoms with Gasteiger partial charge in [0.05, 0.1) is 29.2 Å². The predicted molar refractivity (Wildman–Crippen MR) is 94.5 cm³/mol. The lowest BCUT2D eigenvalue weighted by Crippen LogP contribution is -2.45. The molecule has 3 rings (SSSR count). The zero-order valence-electron chi connectivity index (χ0n) is 14.5. The van der Waals surface area contributed by atoms with Crippen molar-refractivity contribution in [2.75, 3.05) is 10.5 Å². The summed E-state index contributed by atoms with van der Waals surface area (Å²) in [5.74, 6) is -1.26. The van der Waals surface area contributed by atoms with Gasteiger partial charge in [-0.1, -0.05) is 11.9 Å². The van der Waals surface area contributed by atoms with Crippen molar-refractivity contribution in [2.45, 2.75) is 50.2 Å². The highest BCUT2D eigenvalue weighted by Crippen LogP contribution is 2.56. The zero-order valence-corrected chi connectivity index (χ0v) is 15.3. The van der Waals surface area contributed by atoms with Crippen LogP contribution in [0.5, 0.6) is 0 Å². The molecule has 2 aliphatic carbocycles. The molecule has 0 radical (unpaired) electrons. The number of halogens is 4. The second kappa shape index (κ2) is 7.23. The number of nitrogens with one attached hydrogen (secondary N) is 2. The van der Waals surface area contributed by atoms with Crippen molar-refractivity contribution < 1.29 is 22.4 Å². The molecule has 2 fully saturated rings. The van der Waals surface area contributed by atoms with Crippen LogP contribution in [0.2, 0.25) is 0 Å². The Morgan fingerprint density at radius 1 is 1.26 bits per heavy atom. The summed E-state index contributed by atoms with van der Waals surface area (Å²) < 4.78 is 52.9. The van der Waals surface area contributed by atoms with Crippen molar-refractivity contribution in [3.8, 4) is 6.07 Å². The van der Waals surface area contributed by atoms with E-state index in [1.165, 1.54) is 6.07 Å². The van der Waals surface area contributed by atoms with Gasteiger partial charge in [-0.15, -0.1) is 0 Å². The van der Waals surface area contributed by atoms with Crippen LogP contribution in [0.25, 0.3) is 0 Å². The summed E-state index contributed by atoms with van der Waals surface area (Å²) in [6.07, 6.45) is -1.73. The summed E-state index contributed by atoms with van der Waals surface area (Å²) in [5, 5.41) is 12.4. The summed E-state index contributed by atoms with van der Waals surface area (Å²) in [6.45, 7) is 0. The molecule has 0 aromatic heterocycles. The third-order valence-electron chi connectivity index (χ3n) is 5.35. The number of carbonyl (C=O) groups is 1. The first-order valence-electron chi connectivity index (χ1n) is 8.64. The van der Waals surface area contributed by atoms with Gasteiger partial charge in [0.1, 0.15) is 5.82 Å². The maximum absolute atomic E-state index is 13.6. The van der Waals surface area contributed by atoms with Gasteiger partial charge < -0.3 is 10.0 Å². The number of rotatable bonds is 6. The molecule has 146 valence electrons. The Morgan fingerprint density at radius 3 is 2.56 bits per heavy atom. The summed E-state index contributed by atoms with van der Waals surface area (Å²) in [5.41, 5.74) is -0.489. The molecule has 0 heterocycles. The molecule has 0 saturated heterocycles. The summed E-state index contributed by atoms with van der Waals surface area (Å²) in [4.78, 5) is 12.8. The average Bonchev–Trinajstić information content (AvgIpc) is 3.14. The fraction of sp³-hybridized carbons (Fsp3) is 0.556. The minimum Gasteiger partial charge on any atom is -0.346 e. The van der Waals surface area contributed by atoms with Crippen LogP contribution >= 0.6 is 11.9 Å². The molecule has 4 nitrogen and oxygen atoms in total. The standard InChI is InChI=1S/C18H19F4N3OS/c19-12-1-2-13(14(9-12)25-27-8-7-18(20,21)22)15(26)24-17-5-3-16(10-17,11-23)4-6-17/h1-2,9,25H,3-8,10H2,(H,24,26). The Bertz CT molecular complexity index is 767. The van der Waals surface area contributed by atoms with E-state index in [9.17, 15) is 27.6 Å². The largest absolute Gasteiger partial charge is 0.389 e. The first-order chi connectivity index (χ1) is 12.7. The summed E-state index contributed by atoms with van der Waals surface area (Å²) in [7, 11) is 0. The number of hydrogen-bond acceptors (Lipinski definition) is 4.